The second-order valence-corrected chi connectivity index (χ2v) is 4.18. The Morgan fingerprint density at radius 3 is 2.88 bits per heavy atom. The minimum atomic E-state index is 0.150. The van der Waals surface area contributed by atoms with Gasteiger partial charge in [-0.1, -0.05) is 36.8 Å². The van der Waals surface area contributed by atoms with E-state index in [-0.39, 0.29) is 5.92 Å². The van der Waals surface area contributed by atoms with Crippen molar-refractivity contribution in [2.75, 3.05) is 13.1 Å². The molecule has 0 fully saturated rings. The van der Waals surface area contributed by atoms with Crippen molar-refractivity contribution in [3.05, 3.63) is 35.4 Å². The number of rotatable bonds is 6. The highest BCUT2D eigenvalue weighted by Gasteiger charge is 2.02. The van der Waals surface area contributed by atoms with Gasteiger partial charge in [0.1, 0.15) is 0 Å². The van der Waals surface area contributed by atoms with Crippen molar-refractivity contribution in [3.8, 4) is 6.07 Å². The topological polar surface area (TPSA) is 35.8 Å². The van der Waals surface area contributed by atoms with Crippen LogP contribution >= 0.6 is 0 Å². The van der Waals surface area contributed by atoms with Gasteiger partial charge in [-0.2, -0.15) is 5.26 Å². The van der Waals surface area contributed by atoms with Crippen molar-refractivity contribution in [3.63, 3.8) is 0 Å². The Bertz CT molecular complexity index is 352. The SMILES string of the molecule is CCC(C#N)CNCCc1cccc(C)c1. The molecule has 0 heterocycles. The van der Waals surface area contributed by atoms with E-state index in [1.54, 1.807) is 0 Å². The van der Waals surface area contributed by atoms with Crippen LogP contribution in [0.1, 0.15) is 24.5 Å². The number of aryl methyl sites for hydroxylation is 1. The van der Waals surface area contributed by atoms with E-state index in [0.29, 0.717) is 0 Å². The third-order valence-corrected chi connectivity index (χ3v) is 2.74. The van der Waals surface area contributed by atoms with Crippen LogP contribution in [0.2, 0.25) is 0 Å². The summed E-state index contributed by atoms with van der Waals surface area (Å²) in [6.45, 7) is 5.91. The largest absolute Gasteiger partial charge is 0.315 e. The average Bonchev–Trinajstić information content (AvgIpc) is 2.29. The number of nitrogens with zero attached hydrogens (tertiary/aromatic N) is 1. The molecule has 0 spiro atoms. The molecule has 0 bridgehead atoms. The van der Waals surface area contributed by atoms with E-state index < -0.39 is 0 Å². The van der Waals surface area contributed by atoms with Gasteiger partial charge >= 0.3 is 0 Å². The quantitative estimate of drug-likeness (QED) is 0.742. The maximum Gasteiger partial charge on any atom is 0.0669 e. The molecule has 1 rings (SSSR count). The first-order chi connectivity index (χ1) is 7.76. The van der Waals surface area contributed by atoms with Crippen LogP contribution in [0.3, 0.4) is 0 Å². The van der Waals surface area contributed by atoms with Crippen molar-refractivity contribution >= 4 is 0 Å². The van der Waals surface area contributed by atoms with Crippen LogP contribution < -0.4 is 5.32 Å². The molecule has 0 aliphatic rings. The molecule has 1 atom stereocenters. The van der Waals surface area contributed by atoms with Crippen LogP contribution in [0, 0.1) is 24.2 Å². The lowest BCUT2D eigenvalue weighted by atomic mass is 10.1. The highest BCUT2D eigenvalue weighted by molar-refractivity contribution is 5.22. The average molecular weight is 216 g/mol. The Kier molecular flexibility index (Phi) is 5.60. The van der Waals surface area contributed by atoms with Gasteiger partial charge in [0.25, 0.3) is 0 Å². The van der Waals surface area contributed by atoms with Crippen LogP contribution in [0.4, 0.5) is 0 Å². The molecule has 0 aliphatic heterocycles. The summed E-state index contributed by atoms with van der Waals surface area (Å²) >= 11 is 0. The number of hydrogen-bond donors (Lipinski definition) is 1. The normalized spacial score (nSPS) is 12.1. The number of hydrogen-bond acceptors (Lipinski definition) is 2. The van der Waals surface area contributed by atoms with Crippen LogP contribution in [0.15, 0.2) is 24.3 Å². The molecule has 0 radical (unpaired) electrons. The lowest BCUT2D eigenvalue weighted by molar-refractivity contribution is 0.555. The molecule has 16 heavy (non-hydrogen) atoms. The zero-order valence-corrected chi connectivity index (χ0v) is 10.2. The highest BCUT2D eigenvalue weighted by Crippen LogP contribution is 2.04. The van der Waals surface area contributed by atoms with Gasteiger partial charge in [-0.3, -0.25) is 0 Å². The fourth-order valence-electron chi connectivity index (χ4n) is 1.66. The van der Waals surface area contributed by atoms with Crippen molar-refractivity contribution < 1.29 is 0 Å². The molecule has 1 unspecified atom stereocenters. The van der Waals surface area contributed by atoms with Crippen molar-refractivity contribution in [2.45, 2.75) is 26.7 Å². The summed E-state index contributed by atoms with van der Waals surface area (Å²) in [6, 6.07) is 10.9. The fraction of sp³-hybridized carbons (Fsp3) is 0.500. The summed E-state index contributed by atoms with van der Waals surface area (Å²) in [5, 5.41) is 12.1. The molecule has 0 aromatic heterocycles. The predicted octanol–water partition coefficient (Wildman–Crippen LogP) is 2.68. The lowest BCUT2D eigenvalue weighted by Crippen LogP contribution is -2.23. The van der Waals surface area contributed by atoms with Gasteiger partial charge in [0.2, 0.25) is 0 Å². The fourth-order valence-corrected chi connectivity index (χ4v) is 1.66. The molecular formula is C14H20N2. The molecule has 0 amide bonds. The van der Waals surface area contributed by atoms with Gasteiger partial charge < -0.3 is 5.32 Å². The standard InChI is InChI=1S/C14H20N2/c1-3-13(10-15)11-16-8-7-14-6-4-5-12(2)9-14/h4-6,9,13,16H,3,7-8,11H2,1-2H3. The third kappa shape index (κ3) is 4.46. The Labute approximate surface area is 98.3 Å². The van der Waals surface area contributed by atoms with E-state index >= 15 is 0 Å². The first-order valence-electron chi connectivity index (χ1n) is 5.92. The lowest BCUT2D eigenvalue weighted by Gasteiger charge is -2.08. The Balaban J connectivity index is 2.24. The predicted molar refractivity (Wildman–Crippen MR) is 67.1 cm³/mol. The Morgan fingerprint density at radius 1 is 1.44 bits per heavy atom. The summed E-state index contributed by atoms with van der Waals surface area (Å²) < 4.78 is 0. The van der Waals surface area contributed by atoms with Crippen molar-refractivity contribution in [1.29, 1.82) is 5.26 Å². The van der Waals surface area contributed by atoms with Gasteiger partial charge in [0.05, 0.1) is 12.0 Å². The van der Waals surface area contributed by atoms with E-state index in [4.69, 9.17) is 5.26 Å². The zero-order valence-electron chi connectivity index (χ0n) is 10.2. The van der Waals surface area contributed by atoms with Crippen LogP contribution in [0.5, 0.6) is 0 Å². The second kappa shape index (κ2) is 7.03. The van der Waals surface area contributed by atoms with Gasteiger partial charge in [-0.15, -0.1) is 0 Å². The molecule has 2 heteroatoms. The number of nitrogens with one attached hydrogen (secondary N) is 1. The van der Waals surface area contributed by atoms with Crippen LogP contribution in [-0.4, -0.2) is 13.1 Å². The number of benzene rings is 1. The van der Waals surface area contributed by atoms with E-state index in [0.717, 1.165) is 25.9 Å². The monoisotopic (exact) mass is 216 g/mol. The minimum absolute atomic E-state index is 0.150. The summed E-state index contributed by atoms with van der Waals surface area (Å²) in [6.07, 6.45) is 1.96. The summed E-state index contributed by atoms with van der Waals surface area (Å²) in [5.41, 5.74) is 2.67. The molecule has 1 N–H and O–H groups in total. The van der Waals surface area contributed by atoms with Gasteiger partial charge in [0, 0.05) is 6.54 Å². The molecule has 2 nitrogen and oxygen atoms in total. The highest BCUT2D eigenvalue weighted by atomic mass is 14.8. The smallest absolute Gasteiger partial charge is 0.0669 e. The molecule has 0 saturated carbocycles. The maximum absolute atomic E-state index is 8.79. The summed E-state index contributed by atoms with van der Waals surface area (Å²) in [4.78, 5) is 0. The minimum Gasteiger partial charge on any atom is -0.315 e. The van der Waals surface area contributed by atoms with E-state index in [1.165, 1.54) is 11.1 Å². The van der Waals surface area contributed by atoms with Crippen molar-refractivity contribution in [1.82, 2.24) is 5.32 Å². The Morgan fingerprint density at radius 2 is 2.25 bits per heavy atom. The Hall–Kier alpha value is -1.33. The number of nitriles is 1. The van der Waals surface area contributed by atoms with Gasteiger partial charge in [-0.25, -0.2) is 0 Å². The van der Waals surface area contributed by atoms with E-state index in [9.17, 15) is 0 Å². The zero-order chi connectivity index (χ0) is 11.8. The molecule has 1 aromatic rings. The molecule has 86 valence electrons. The van der Waals surface area contributed by atoms with E-state index in [2.05, 4.69) is 49.5 Å². The molecular weight excluding hydrogens is 196 g/mol. The van der Waals surface area contributed by atoms with Gasteiger partial charge in [-0.05, 0) is 31.9 Å². The maximum atomic E-state index is 8.79. The van der Waals surface area contributed by atoms with E-state index in [1.807, 2.05) is 0 Å². The first-order valence-corrected chi connectivity index (χ1v) is 5.92. The van der Waals surface area contributed by atoms with Crippen LogP contribution in [-0.2, 0) is 6.42 Å². The second-order valence-electron chi connectivity index (χ2n) is 4.18. The van der Waals surface area contributed by atoms with Crippen LogP contribution in [0.25, 0.3) is 0 Å². The summed E-state index contributed by atoms with van der Waals surface area (Å²) in [7, 11) is 0. The van der Waals surface area contributed by atoms with Gasteiger partial charge in [0.15, 0.2) is 0 Å². The molecule has 1 aromatic carbocycles. The first kappa shape index (κ1) is 12.7. The van der Waals surface area contributed by atoms with Crippen molar-refractivity contribution in [2.24, 2.45) is 5.92 Å². The third-order valence-electron chi connectivity index (χ3n) is 2.74. The summed E-state index contributed by atoms with van der Waals surface area (Å²) in [5.74, 6) is 0.150. The molecule has 0 saturated heterocycles. The molecule has 0 aliphatic carbocycles.